The molecule has 0 aliphatic carbocycles. The van der Waals surface area contributed by atoms with Crippen LogP contribution in [0.25, 0.3) is 11.8 Å². The number of benzene rings is 2. The molecule has 0 bridgehead atoms. The van der Waals surface area contributed by atoms with Gasteiger partial charge in [-0.25, -0.2) is 9.79 Å². The van der Waals surface area contributed by atoms with E-state index in [0.717, 1.165) is 5.69 Å². The van der Waals surface area contributed by atoms with Crippen molar-refractivity contribution in [2.75, 3.05) is 7.11 Å². The van der Waals surface area contributed by atoms with Crippen molar-refractivity contribution < 1.29 is 27.8 Å². The average Bonchev–Trinajstić information content (AvgIpc) is 3.36. The van der Waals surface area contributed by atoms with Gasteiger partial charge in [0.1, 0.15) is 5.69 Å². The van der Waals surface area contributed by atoms with E-state index in [1.807, 2.05) is 30.3 Å². The van der Waals surface area contributed by atoms with E-state index in [9.17, 15) is 13.6 Å². The maximum atomic E-state index is 12.5. The van der Waals surface area contributed by atoms with Crippen molar-refractivity contribution in [3.63, 3.8) is 0 Å². The number of hydrogen-bond acceptors (Lipinski definition) is 7. The molecule has 1 aromatic heterocycles. The van der Waals surface area contributed by atoms with Crippen molar-refractivity contribution in [2.45, 2.75) is 6.61 Å². The maximum Gasteiger partial charge on any atom is 0.387 e. The molecule has 0 spiro atoms. The number of alkyl halides is 2. The molecule has 0 amide bonds. The van der Waals surface area contributed by atoms with Gasteiger partial charge in [-0.15, -0.1) is 5.10 Å². The van der Waals surface area contributed by atoms with Crippen LogP contribution in [0.1, 0.15) is 11.3 Å². The van der Waals surface area contributed by atoms with Crippen molar-refractivity contribution in [1.29, 1.82) is 0 Å². The van der Waals surface area contributed by atoms with Crippen LogP contribution < -0.4 is 9.47 Å². The molecule has 0 radical (unpaired) electrons. The Morgan fingerprint density at radius 1 is 1.13 bits per heavy atom. The molecule has 0 saturated carbocycles. The highest BCUT2D eigenvalue weighted by Gasteiger charge is 2.25. The number of para-hydroxylation sites is 1. The third-order valence-electron chi connectivity index (χ3n) is 4.03. The number of ether oxygens (including phenoxy) is 3. The molecule has 0 N–H and O–H groups in total. The minimum atomic E-state index is -3.00. The summed E-state index contributed by atoms with van der Waals surface area (Å²) in [4.78, 5) is 17.8. The first-order valence-corrected chi connectivity index (χ1v) is 8.67. The van der Waals surface area contributed by atoms with E-state index in [2.05, 4.69) is 19.9 Å². The molecule has 1 aliphatic heterocycles. The lowest BCUT2D eigenvalue weighted by Crippen LogP contribution is -2.07. The smallest absolute Gasteiger partial charge is 0.387 e. The summed E-state index contributed by atoms with van der Waals surface area (Å²) in [5.41, 5.74) is 1.56. The molecular weight excluding hydrogens is 398 g/mol. The predicted molar refractivity (Wildman–Crippen MR) is 102 cm³/mol. The van der Waals surface area contributed by atoms with Crippen LogP contribution in [0.2, 0.25) is 0 Å². The number of esters is 1. The quantitative estimate of drug-likeness (QED) is 0.456. The minimum absolute atomic E-state index is 0.00333. The minimum Gasteiger partial charge on any atom is -0.493 e. The highest BCUT2D eigenvalue weighted by Crippen LogP contribution is 2.31. The monoisotopic (exact) mass is 412 g/mol. The first-order chi connectivity index (χ1) is 14.5. The molecule has 10 heteroatoms. The van der Waals surface area contributed by atoms with Crippen LogP contribution in [0, 0.1) is 0 Å². The number of carbonyl (C=O) groups excluding carboxylic acids is 1. The molecule has 152 valence electrons. The molecule has 4 rings (SSSR count). The van der Waals surface area contributed by atoms with Crippen LogP contribution in [0.15, 0.2) is 65.4 Å². The SMILES string of the molecule is COc1cc(C2=NC(=Cc3cnn(-c4ccccc4)n3)C(=O)O2)ccc1OC(F)F. The van der Waals surface area contributed by atoms with Crippen LogP contribution >= 0.6 is 0 Å². The highest BCUT2D eigenvalue weighted by atomic mass is 19.3. The number of carbonyl (C=O) groups is 1. The van der Waals surface area contributed by atoms with Gasteiger partial charge in [-0.1, -0.05) is 18.2 Å². The van der Waals surface area contributed by atoms with Crippen LogP contribution in [0.5, 0.6) is 11.5 Å². The van der Waals surface area contributed by atoms with Crippen molar-refractivity contribution >= 4 is 17.9 Å². The summed E-state index contributed by atoms with van der Waals surface area (Å²) in [6.45, 7) is -3.00. The fraction of sp³-hybridized carbons (Fsp3) is 0.100. The number of rotatable bonds is 6. The summed E-state index contributed by atoms with van der Waals surface area (Å²) in [6, 6.07) is 13.4. The van der Waals surface area contributed by atoms with Gasteiger partial charge in [-0.2, -0.15) is 18.7 Å². The summed E-state index contributed by atoms with van der Waals surface area (Å²) < 4.78 is 39.6. The molecule has 2 heterocycles. The van der Waals surface area contributed by atoms with E-state index in [-0.39, 0.29) is 23.1 Å². The van der Waals surface area contributed by atoms with Crippen LogP contribution in [-0.4, -0.2) is 40.6 Å². The third kappa shape index (κ3) is 4.02. The molecule has 0 saturated heterocycles. The van der Waals surface area contributed by atoms with E-state index in [0.29, 0.717) is 11.3 Å². The summed E-state index contributed by atoms with van der Waals surface area (Å²) >= 11 is 0. The zero-order valence-corrected chi connectivity index (χ0v) is 15.5. The van der Waals surface area contributed by atoms with Gasteiger partial charge in [0, 0.05) is 11.6 Å². The molecule has 2 aromatic carbocycles. The zero-order chi connectivity index (χ0) is 21.1. The molecule has 0 fully saturated rings. The fourth-order valence-electron chi connectivity index (χ4n) is 2.69. The van der Waals surface area contributed by atoms with Crippen molar-refractivity contribution in [1.82, 2.24) is 15.0 Å². The zero-order valence-electron chi connectivity index (χ0n) is 15.5. The molecule has 3 aromatic rings. The lowest BCUT2D eigenvalue weighted by atomic mass is 10.2. The number of cyclic esters (lactones) is 1. The molecule has 1 aliphatic rings. The number of nitrogens with zero attached hydrogens (tertiary/aromatic N) is 4. The Bertz CT molecular complexity index is 1140. The third-order valence-corrected chi connectivity index (χ3v) is 4.03. The Morgan fingerprint density at radius 3 is 2.67 bits per heavy atom. The van der Waals surface area contributed by atoms with Gasteiger partial charge in [0.15, 0.2) is 17.2 Å². The Labute approximate surface area is 169 Å². The van der Waals surface area contributed by atoms with E-state index in [4.69, 9.17) is 9.47 Å². The van der Waals surface area contributed by atoms with Crippen LogP contribution in [0.4, 0.5) is 8.78 Å². The standard InChI is InChI=1S/C20H14F2N4O4/c1-28-17-9-12(7-8-16(17)29-20(21)22)18-24-15(19(27)30-18)10-13-11-23-26(25-13)14-5-3-2-4-6-14/h2-11,20H,1H3. The fourth-order valence-corrected chi connectivity index (χ4v) is 2.69. The van der Waals surface area contributed by atoms with E-state index in [1.54, 1.807) is 0 Å². The second-order valence-electron chi connectivity index (χ2n) is 5.97. The first-order valence-electron chi connectivity index (χ1n) is 8.67. The molecule has 0 atom stereocenters. The summed E-state index contributed by atoms with van der Waals surface area (Å²) in [7, 11) is 1.31. The predicted octanol–water partition coefficient (Wildman–Crippen LogP) is 3.22. The number of hydrogen-bond donors (Lipinski definition) is 0. The van der Waals surface area contributed by atoms with Crippen molar-refractivity contribution in [2.24, 2.45) is 4.99 Å². The summed E-state index contributed by atoms with van der Waals surface area (Å²) in [5, 5.41) is 8.44. The highest BCUT2D eigenvalue weighted by molar-refractivity contribution is 6.12. The summed E-state index contributed by atoms with van der Waals surface area (Å²) in [6.07, 6.45) is 2.92. The average molecular weight is 412 g/mol. The number of halogens is 2. The maximum absolute atomic E-state index is 12.5. The topological polar surface area (TPSA) is 87.8 Å². The molecular formula is C20H14F2N4O4. The van der Waals surface area contributed by atoms with Crippen molar-refractivity contribution in [3.8, 4) is 17.2 Å². The number of aromatic nitrogens is 3. The lowest BCUT2D eigenvalue weighted by molar-refractivity contribution is -0.129. The van der Waals surface area contributed by atoms with E-state index >= 15 is 0 Å². The molecule has 0 unspecified atom stereocenters. The first kappa shape index (κ1) is 19.2. The number of methoxy groups -OCH3 is 1. The van der Waals surface area contributed by atoms with Gasteiger partial charge < -0.3 is 14.2 Å². The second-order valence-corrected chi connectivity index (χ2v) is 5.97. The van der Waals surface area contributed by atoms with E-state index in [1.165, 1.54) is 42.4 Å². The summed E-state index contributed by atoms with van der Waals surface area (Å²) in [5.74, 6) is -0.765. The van der Waals surface area contributed by atoms with Gasteiger partial charge in [0.05, 0.1) is 19.0 Å². The Morgan fingerprint density at radius 2 is 1.93 bits per heavy atom. The van der Waals surface area contributed by atoms with Crippen LogP contribution in [-0.2, 0) is 9.53 Å². The Hall–Kier alpha value is -4.08. The van der Waals surface area contributed by atoms with Crippen molar-refractivity contribution in [3.05, 3.63) is 71.7 Å². The van der Waals surface area contributed by atoms with Gasteiger partial charge in [0.2, 0.25) is 5.90 Å². The second kappa shape index (κ2) is 8.11. The molecule has 30 heavy (non-hydrogen) atoms. The van der Waals surface area contributed by atoms with E-state index < -0.39 is 12.6 Å². The van der Waals surface area contributed by atoms with Crippen LogP contribution in [0.3, 0.4) is 0 Å². The van der Waals surface area contributed by atoms with Gasteiger partial charge in [-0.05, 0) is 30.3 Å². The molecule has 8 nitrogen and oxygen atoms in total. The van der Waals surface area contributed by atoms with Gasteiger partial charge in [-0.3, -0.25) is 0 Å². The normalized spacial score (nSPS) is 14.7. The Kier molecular flexibility index (Phi) is 5.21. The lowest BCUT2D eigenvalue weighted by Gasteiger charge is -2.10. The largest absolute Gasteiger partial charge is 0.493 e. The van der Waals surface area contributed by atoms with Gasteiger partial charge in [0.25, 0.3) is 0 Å². The van der Waals surface area contributed by atoms with Gasteiger partial charge >= 0.3 is 12.6 Å². The Balaban J connectivity index is 1.59. The number of aliphatic imine (C=N–C) groups is 1.